The molecular weight excluding hydrogens is 253 g/mol. The maximum absolute atomic E-state index is 13.6. The van der Waals surface area contributed by atoms with Crippen LogP contribution in [0, 0.1) is 17.5 Å². The molecule has 0 bridgehead atoms. The van der Waals surface area contributed by atoms with Gasteiger partial charge in [0.2, 0.25) is 0 Å². The lowest BCUT2D eigenvalue weighted by Crippen LogP contribution is -1.97. The molecule has 0 aliphatic heterocycles. The zero-order chi connectivity index (χ0) is 12.6. The summed E-state index contributed by atoms with van der Waals surface area (Å²) in [5.41, 5.74) is -0.920. The molecule has 0 saturated heterocycles. The van der Waals surface area contributed by atoms with E-state index < -0.39 is 33.9 Å². The van der Waals surface area contributed by atoms with E-state index in [2.05, 4.69) is 0 Å². The fraction of sp³-hybridized carbons (Fsp3) is 0. The Morgan fingerprint density at radius 2 is 1.76 bits per heavy atom. The molecule has 1 aromatic carbocycles. The number of halogens is 3. The van der Waals surface area contributed by atoms with Gasteiger partial charge in [-0.05, 0) is 12.1 Å². The van der Waals surface area contributed by atoms with Crippen molar-refractivity contribution < 1.29 is 23.1 Å². The van der Waals surface area contributed by atoms with Crippen LogP contribution in [-0.4, -0.2) is 11.1 Å². The number of hydrogen-bond acceptors (Lipinski definition) is 2. The second-order valence-electron chi connectivity index (χ2n) is 3.19. The van der Waals surface area contributed by atoms with Crippen molar-refractivity contribution in [1.82, 2.24) is 0 Å². The number of rotatable bonds is 2. The maximum atomic E-state index is 13.6. The van der Waals surface area contributed by atoms with Gasteiger partial charge in [0.25, 0.3) is 0 Å². The molecule has 0 amide bonds. The van der Waals surface area contributed by atoms with Crippen molar-refractivity contribution in [1.29, 1.82) is 0 Å². The summed E-state index contributed by atoms with van der Waals surface area (Å²) in [7, 11) is 0. The summed E-state index contributed by atoms with van der Waals surface area (Å²) in [6.45, 7) is 0. The zero-order valence-corrected chi connectivity index (χ0v) is 9.02. The van der Waals surface area contributed by atoms with Crippen molar-refractivity contribution in [2.24, 2.45) is 0 Å². The topological polar surface area (TPSA) is 37.3 Å². The molecule has 0 spiro atoms. The highest BCUT2D eigenvalue weighted by Crippen LogP contribution is 2.33. The highest BCUT2D eigenvalue weighted by atomic mass is 32.1. The average Bonchev–Trinajstić information content (AvgIpc) is 2.61. The van der Waals surface area contributed by atoms with Gasteiger partial charge in [0, 0.05) is 10.9 Å². The number of benzene rings is 1. The number of hydrogen-bond donors (Lipinski definition) is 1. The van der Waals surface area contributed by atoms with Crippen LogP contribution in [0.4, 0.5) is 13.2 Å². The fourth-order valence-electron chi connectivity index (χ4n) is 1.41. The number of carbonyl (C=O) groups is 1. The van der Waals surface area contributed by atoms with E-state index in [1.165, 1.54) is 0 Å². The summed E-state index contributed by atoms with van der Waals surface area (Å²) >= 11 is 0.589. The largest absolute Gasteiger partial charge is 0.477 e. The third-order valence-electron chi connectivity index (χ3n) is 2.16. The number of carboxylic acids is 1. The minimum absolute atomic E-state index is 0.372. The zero-order valence-electron chi connectivity index (χ0n) is 8.21. The second kappa shape index (κ2) is 4.21. The predicted molar refractivity (Wildman–Crippen MR) is 56.6 cm³/mol. The minimum atomic E-state index is -1.46. The summed E-state index contributed by atoms with van der Waals surface area (Å²) in [4.78, 5) is 10.1. The lowest BCUT2D eigenvalue weighted by molar-refractivity contribution is 0.0698. The molecule has 2 rings (SSSR count). The van der Waals surface area contributed by atoms with Gasteiger partial charge in [0.05, 0.1) is 5.56 Å². The van der Waals surface area contributed by atoms with Crippen molar-refractivity contribution in [2.75, 3.05) is 0 Å². The van der Waals surface area contributed by atoms with Gasteiger partial charge in [0.15, 0.2) is 5.82 Å². The van der Waals surface area contributed by atoms with Gasteiger partial charge in [-0.25, -0.2) is 18.0 Å². The third kappa shape index (κ3) is 1.91. The van der Waals surface area contributed by atoms with E-state index in [1.54, 1.807) is 0 Å². The van der Waals surface area contributed by atoms with Gasteiger partial charge in [0.1, 0.15) is 16.5 Å². The van der Waals surface area contributed by atoms with Crippen LogP contribution < -0.4 is 0 Å². The first kappa shape index (κ1) is 11.7. The SMILES string of the molecule is O=C(O)c1scc(-c2c(F)cccc2F)c1F. The molecule has 1 aromatic heterocycles. The van der Waals surface area contributed by atoms with E-state index in [-0.39, 0.29) is 5.56 Å². The molecule has 0 aliphatic rings. The van der Waals surface area contributed by atoms with Crippen LogP contribution in [0.2, 0.25) is 0 Å². The molecule has 2 nitrogen and oxygen atoms in total. The average molecular weight is 258 g/mol. The first-order chi connectivity index (χ1) is 8.02. The molecule has 88 valence electrons. The molecule has 0 atom stereocenters. The Labute approximate surface area is 97.9 Å². The predicted octanol–water partition coefficient (Wildman–Crippen LogP) is 3.53. The Balaban J connectivity index is 2.66. The van der Waals surface area contributed by atoms with Crippen molar-refractivity contribution >= 4 is 17.3 Å². The van der Waals surface area contributed by atoms with Crippen molar-refractivity contribution in [2.45, 2.75) is 0 Å². The fourth-order valence-corrected chi connectivity index (χ4v) is 2.18. The third-order valence-corrected chi connectivity index (χ3v) is 3.10. The Bertz CT molecular complexity index is 572. The lowest BCUT2D eigenvalue weighted by atomic mass is 10.1. The van der Waals surface area contributed by atoms with Crippen molar-refractivity contribution in [3.63, 3.8) is 0 Å². The Kier molecular flexibility index (Phi) is 2.89. The van der Waals surface area contributed by atoms with E-state index in [0.29, 0.717) is 11.3 Å². The van der Waals surface area contributed by atoms with Crippen LogP contribution in [-0.2, 0) is 0 Å². The number of thiophene rings is 1. The summed E-state index contributed by atoms with van der Waals surface area (Å²) in [5.74, 6) is -4.45. The molecule has 0 aliphatic carbocycles. The second-order valence-corrected chi connectivity index (χ2v) is 4.07. The van der Waals surface area contributed by atoms with Gasteiger partial charge < -0.3 is 5.11 Å². The molecule has 0 unspecified atom stereocenters. The van der Waals surface area contributed by atoms with E-state index >= 15 is 0 Å². The van der Waals surface area contributed by atoms with Gasteiger partial charge >= 0.3 is 5.97 Å². The molecule has 1 N–H and O–H groups in total. The number of carboxylic acid groups (broad SMARTS) is 1. The summed E-state index contributed by atoms with van der Waals surface area (Å²) in [6.07, 6.45) is 0. The first-order valence-corrected chi connectivity index (χ1v) is 5.35. The summed E-state index contributed by atoms with van der Waals surface area (Å²) in [5, 5.41) is 9.73. The van der Waals surface area contributed by atoms with E-state index in [0.717, 1.165) is 23.6 Å². The summed E-state index contributed by atoms with van der Waals surface area (Å²) in [6, 6.07) is 3.11. The Hall–Kier alpha value is -1.82. The Morgan fingerprint density at radius 3 is 2.24 bits per heavy atom. The lowest BCUT2D eigenvalue weighted by Gasteiger charge is -2.02. The van der Waals surface area contributed by atoms with Gasteiger partial charge in [-0.15, -0.1) is 11.3 Å². The Morgan fingerprint density at radius 1 is 1.18 bits per heavy atom. The smallest absolute Gasteiger partial charge is 0.348 e. The van der Waals surface area contributed by atoms with Gasteiger partial charge in [-0.2, -0.15) is 0 Å². The first-order valence-electron chi connectivity index (χ1n) is 4.47. The molecular formula is C11H5F3O2S. The molecule has 0 radical (unpaired) electrons. The maximum Gasteiger partial charge on any atom is 0.348 e. The molecule has 0 fully saturated rings. The quantitative estimate of drug-likeness (QED) is 0.894. The van der Waals surface area contributed by atoms with Crippen LogP contribution in [0.3, 0.4) is 0 Å². The van der Waals surface area contributed by atoms with Crippen LogP contribution in [0.5, 0.6) is 0 Å². The number of aromatic carboxylic acids is 1. The van der Waals surface area contributed by atoms with Crippen molar-refractivity contribution in [3.05, 3.63) is 45.9 Å². The molecule has 0 saturated carbocycles. The molecule has 2 aromatic rings. The standard InChI is InChI=1S/C11H5F3O2S/c12-6-2-1-3-7(13)8(6)5-4-17-10(9(5)14)11(15)16/h1-4H,(H,15,16). The molecule has 17 heavy (non-hydrogen) atoms. The van der Waals surface area contributed by atoms with Gasteiger partial charge in [-0.3, -0.25) is 0 Å². The summed E-state index contributed by atoms with van der Waals surface area (Å²) < 4.78 is 40.4. The normalized spacial score (nSPS) is 10.5. The molecule has 6 heteroatoms. The van der Waals surface area contributed by atoms with E-state index in [9.17, 15) is 18.0 Å². The highest BCUT2D eigenvalue weighted by molar-refractivity contribution is 7.12. The van der Waals surface area contributed by atoms with Crippen LogP contribution in [0.1, 0.15) is 9.67 Å². The van der Waals surface area contributed by atoms with Gasteiger partial charge in [-0.1, -0.05) is 6.07 Å². The van der Waals surface area contributed by atoms with Crippen LogP contribution >= 0.6 is 11.3 Å². The van der Waals surface area contributed by atoms with E-state index in [4.69, 9.17) is 5.11 Å². The molecule has 1 heterocycles. The monoisotopic (exact) mass is 258 g/mol. The van der Waals surface area contributed by atoms with Crippen molar-refractivity contribution in [3.8, 4) is 11.1 Å². The minimum Gasteiger partial charge on any atom is -0.477 e. The highest BCUT2D eigenvalue weighted by Gasteiger charge is 2.22. The van der Waals surface area contributed by atoms with E-state index in [1.807, 2.05) is 0 Å². The van der Waals surface area contributed by atoms with Crippen LogP contribution in [0.15, 0.2) is 23.6 Å². The van der Waals surface area contributed by atoms with Crippen LogP contribution in [0.25, 0.3) is 11.1 Å².